The van der Waals surface area contributed by atoms with Gasteiger partial charge in [0.25, 0.3) is 0 Å². The highest BCUT2D eigenvalue weighted by molar-refractivity contribution is 6.34. The molecule has 0 aliphatic heterocycles. The van der Waals surface area contributed by atoms with Gasteiger partial charge in [0, 0.05) is 14.2 Å². The van der Waals surface area contributed by atoms with Crippen molar-refractivity contribution in [3.63, 3.8) is 0 Å². The SMILES string of the molecule is CCCC.CO[SiH](O)OC. The van der Waals surface area contributed by atoms with E-state index in [9.17, 15) is 0 Å². The molecule has 0 heterocycles. The highest BCUT2D eigenvalue weighted by Gasteiger charge is 1.98. The summed E-state index contributed by atoms with van der Waals surface area (Å²) in [6.07, 6.45) is 2.64. The van der Waals surface area contributed by atoms with E-state index >= 15 is 0 Å². The minimum absolute atomic E-state index is 1.32. The molecule has 0 saturated heterocycles. The maximum Gasteiger partial charge on any atom is 0.480 e. The average Bonchev–Trinajstić information content (AvgIpc) is 2.03. The van der Waals surface area contributed by atoms with Crippen molar-refractivity contribution in [3.05, 3.63) is 0 Å². The first-order chi connectivity index (χ1) is 4.72. The van der Waals surface area contributed by atoms with Gasteiger partial charge in [0.15, 0.2) is 0 Å². The molecular weight excluding hydrogens is 148 g/mol. The summed E-state index contributed by atoms with van der Waals surface area (Å²) in [6.45, 7) is 4.36. The Bertz CT molecular complexity index is 46.3. The number of hydrogen-bond donors (Lipinski definition) is 1. The van der Waals surface area contributed by atoms with Crippen molar-refractivity contribution in [2.45, 2.75) is 26.7 Å². The molecule has 0 rings (SSSR count). The van der Waals surface area contributed by atoms with Crippen LogP contribution in [-0.4, -0.2) is 28.5 Å². The lowest BCUT2D eigenvalue weighted by atomic mass is 10.4. The highest BCUT2D eigenvalue weighted by atomic mass is 28.3. The van der Waals surface area contributed by atoms with Crippen LogP contribution in [0.25, 0.3) is 0 Å². The van der Waals surface area contributed by atoms with Gasteiger partial charge >= 0.3 is 9.53 Å². The third-order valence-electron chi connectivity index (χ3n) is 0.903. The molecule has 0 amide bonds. The first kappa shape index (κ1) is 12.7. The molecule has 0 aromatic rings. The molecule has 0 spiro atoms. The van der Waals surface area contributed by atoms with Crippen LogP contribution in [0.3, 0.4) is 0 Å². The van der Waals surface area contributed by atoms with Crippen LogP contribution in [0.2, 0.25) is 0 Å². The zero-order chi connectivity index (χ0) is 8.41. The Morgan fingerprint density at radius 1 is 1.10 bits per heavy atom. The molecule has 0 radical (unpaired) electrons. The first-order valence-electron chi connectivity index (χ1n) is 3.46. The zero-order valence-electron chi connectivity index (χ0n) is 7.26. The monoisotopic (exact) mass is 166 g/mol. The molecule has 0 atom stereocenters. The van der Waals surface area contributed by atoms with Gasteiger partial charge in [0.1, 0.15) is 0 Å². The topological polar surface area (TPSA) is 38.7 Å². The quantitative estimate of drug-likeness (QED) is 0.630. The van der Waals surface area contributed by atoms with Gasteiger partial charge in [-0.15, -0.1) is 0 Å². The Hall–Kier alpha value is 0.0969. The van der Waals surface area contributed by atoms with E-state index in [2.05, 4.69) is 22.7 Å². The van der Waals surface area contributed by atoms with Crippen molar-refractivity contribution >= 4 is 9.53 Å². The second kappa shape index (κ2) is 11.8. The fraction of sp³-hybridized carbons (Fsp3) is 1.00. The van der Waals surface area contributed by atoms with Crippen LogP contribution in [-0.2, 0) is 8.85 Å². The molecule has 4 heteroatoms. The molecule has 0 aromatic carbocycles. The van der Waals surface area contributed by atoms with Crippen LogP contribution < -0.4 is 0 Å². The maximum atomic E-state index is 8.36. The van der Waals surface area contributed by atoms with E-state index in [1.807, 2.05) is 0 Å². The summed E-state index contributed by atoms with van der Waals surface area (Å²) in [7, 11) is 0.674. The second-order valence-electron chi connectivity index (χ2n) is 1.78. The molecule has 0 unspecified atom stereocenters. The number of hydrogen-bond acceptors (Lipinski definition) is 3. The fourth-order valence-electron chi connectivity index (χ4n) is 0.0962. The summed E-state index contributed by atoms with van der Waals surface area (Å²) in [6, 6.07) is 0. The van der Waals surface area contributed by atoms with E-state index in [1.165, 1.54) is 27.1 Å². The van der Waals surface area contributed by atoms with Gasteiger partial charge in [0.2, 0.25) is 0 Å². The molecule has 0 aliphatic rings. The fourth-order valence-corrected chi connectivity index (χ4v) is 0.289. The van der Waals surface area contributed by atoms with Crippen molar-refractivity contribution in [1.29, 1.82) is 0 Å². The predicted octanol–water partition coefficient (Wildman–Crippen LogP) is 0.795. The van der Waals surface area contributed by atoms with Gasteiger partial charge in [-0.25, -0.2) is 0 Å². The van der Waals surface area contributed by atoms with E-state index in [1.54, 1.807) is 0 Å². The van der Waals surface area contributed by atoms with Gasteiger partial charge in [-0.3, -0.25) is 0 Å². The molecule has 0 aromatic heterocycles. The van der Waals surface area contributed by atoms with E-state index in [4.69, 9.17) is 4.80 Å². The van der Waals surface area contributed by atoms with Crippen molar-refractivity contribution in [2.75, 3.05) is 14.2 Å². The largest absolute Gasteiger partial charge is 0.480 e. The van der Waals surface area contributed by atoms with Crippen molar-refractivity contribution in [1.82, 2.24) is 0 Å². The van der Waals surface area contributed by atoms with Gasteiger partial charge in [-0.2, -0.15) is 0 Å². The van der Waals surface area contributed by atoms with Crippen LogP contribution in [0.15, 0.2) is 0 Å². The third kappa shape index (κ3) is 15.7. The Labute approximate surface area is 64.9 Å². The minimum Gasteiger partial charge on any atom is -0.392 e. The van der Waals surface area contributed by atoms with Crippen LogP contribution in [0.1, 0.15) is 26.7 Å². The van der Waals surface area contributed by atoms with Crippen LogP contribution in [0, 0.1) is 0 Å². The Kier molecular flexibility index (Phi) is 15.1. The first-order valence-corrected chi connectivity index (χ1v) is 4.92. The third-order valence-corrected chi connectivity index (χ3v) is 1.71. The summed E-state index contributed by atoms with van der Waals surface area (Å²) in [5.41, 5.74) is 0. The molecule has 3 nitrogen and oxygen atoms in total. The second-order valence-corrected chi connectivity index (χ2v) is 3.34. The van der Waals surface area contributed by atoms with Crippen LogP contribution >= 0.6 is 0 Å². The molecule has 1 N–H and O–H groups in total. The number of unbranched alkanes of at least 4 members (excludes halogenated alkanes) is 1. The van der Waals surface area contributed by atoms with E-state index < -0.39 is 9.53 Å². The Balaban J connectivity index is 0. The molecule has 0 aliphatic carbocycles. The lowest BCUT2D eigenvalue weighted by molar-refractivity contribution is 0.193. The van der Waals surface area contributed by atoms with E-state index in [0.29, 0.717) is 0 Å². The molecule has 0 saturated carbocycles. The summed E-state index contributed by atoms with van der Waals surface area (Å²) in [5, 5.41) is 0. The minimum atomic E-state index is -2.16. The van der Waals surface area contributed by atoms with E-state index in [0.717, 1.165) is 0 Å². The lowest BCUT2D eigenvalue weighted by Gasteiger charge is -1.97. The van der Waals surface area contributed by atoms with Crippen molar-refractivity contribution < 1.29 is 13.6 Å². The standard InChI is InChI=1S/C4H10.C2H8O3Si/c1-3-4-2;1-4-6(3)5-2/h3-4H2,1-2H3;3,6H,1-2H3. The zero-order valence-corrected chi connectivity index (χ0v) is 8.41. The molecule has 64 valence electrons. The molecule has 10 heavy (non-hydrogen) atoms. The molecular formula is C6H18O3Si. The van der Waals surface area contributed by atoms with Crippen LogP contribution in [0.4, 0.5) is 0 Å². The summed E-state index contributed by atoms with van der Waals surface area (Å²) in [5.74, 6) is 0. The Morgan fingerprint density at radius 2 is 1.40 bits per heavy atom. The summed E-state index contributed by atoms with van der Waals surface area (Å²) in [4.78, 5) is 8.36. The van der Waals surface area contributed by atoms with Crippen LogP contribution in [0.5, 0.6) is 0 Å². The van der Waals surface area contributed by atoms with Gasteiger partial charge in [-0.05, 0) is 0 Å². The Morgan fingerprint density at radius 3 is 1.40 bits per heavy atom. The van der Waals surface area contributed by atoms with Crippen molar-refractivity contribution in [3.8, 4) is 0 Å². The summed E-state index contributed by atoms with van der Waals surface area (Å²) < 4.78 is 8.74. The predicted molar refractivity (Wildman–Crippen MR) is 44.0 cm³/mol. The maximum absolute atomic E-state index is 8.36. The lowest BCUT2D eigenvalue weighted by Crippen LogP contribution is -2.17. The van der Waals surface area contributed by atoms with Gasteiger partial charge < -0.3 is 13.6 Å². The van der Waals surface area contributed by atoms with Crippen molar-refractivity contribution in [2.24, 2.45) is 0 Å². The highest BCUT2D eigenvalue weighted by Crippen LogP contribution is 1.76. The van der Waals surface area contributed by atoms with E-state index in [-0.39, 0.29) is 0 Å². The summed E-state index contributed by atoms with van der Waals surface area (Å²) >= 11 is 0. The molecule has 0 fully saturated rings. The molecule has 0 bridgehead atoms. The smallest absolute Gasteiger partial charge is 0.392 e. The van der Waals surface area contributed by atoms with Gasteiger partial charge in [-0.1, -0.05) is 26.7 Å². The van der Waals surface area contributed by atoms with Gasteiger partial charge in [0.05, 0.1) is 0 Å². The number of rotatable bonds is 3. The average molecular weight is 166 g/mol. The normalized spacial score (nSPS) is 9.00.